The summed E-state index contributed by atoms with van der Waals surface area (Å²) >= 11 is 0. The Hall–Kier alpha value is -1.80. The van der Waals surface area contributed by atoms with Crippen LogP contribution in [-0.4, -0.2) is 11.2 Å². The fraction of sp³-hybridized carbons (Fsp3) is 0.600. The van der Waals surface area contributed by atoms with E-state index in [-0.39, 0.29) is 6.10 Å². The molecule has 2 heteroatoms. The lowest BCUT2D eigenvalue weighted by atomic mass is 10.0. The molecule has 0 heterocycles. The first kappa shape index (κ1) is 26.5. The van der Waals surface area contributed by atoms with Gasteiger partial charge in [0, 0.05) is 11.4 Å². The Morgan fingerprint density at radius 2 is 1.09 bits per heavy atom. The molecular formula is C30H47NO. The second-order valence-corrected chi connectivity index (χ2v) is 9.41. The zero-order chi connectivity index (χ0) is 22.7. The molecule has 0 saturated carbocycles. The highest BCUT2D eigenvalue weighted by molar-refractivity contribution is 5.59. The van der Waals surface area contributed by atoms with E-state index in [1.165, 1.54) is 95.5 Å². The maximum absolute atomic E-state index is 9.96. The minimum absolute atomic E-state index is 0.0505. The monoisotopic (exact) mass is 437 g/mol. The molecule has 0 fully saturated rings. The molecule has 0 aliphatic rings. The Kier molecular flexibility index (Phi) is 14.6. The normalized spacial score (nSPS) is 12.1. The van der Waals surface area contributed by atoms with Gasteiger partial charge in [0.25, 0.3) is 0 Å². The van der Waals surface area contributed by atoms with Crippen molar-refractivity contribution in [3.63, 3.8) is 0 Å². The highest BCUT2D eigenvalue weighted by Gasteiger charge is 2.03. The van der Waals surface area contributed by atoms with Crippen LogP contribution in [0.15, 0.2) is 54.6 Å². The molecule has 2 aromatic carbocycles. The van der Waals surface area contributed by atoms with E-state index in [0.29, 0.717) is 0 Å². The lowest BCUT2D eigenvalue weighted by molar-refractivity contribution is 0.147. The topological polar surface area (TPSA) is 32.3 Å². The van der Waals surface area contributed by atoms with E-state index in [2.05, 4.69) is 60.8 Å². The minimum Gasteiger partial charge on any atom is -0.393 e. The van der Waals surface area contributed by atoms with Crippen molar-refractivity contribution in [2.75, 3.05) is 5.32 Å². The van der Waals surface area contributed by atoms with Crippen LogP contribution in [0.25, 0.3) is 0 Å². The summed E-state index contributed by atoms with van der Waals surface area (Å²) in [5.41, 5.74) is 3.74. The number of nitrogens with one attached hydrogen (secondary N) is 1. The van der Waals surface area contributed by atoms with E-state index in [1.807, 2.05) is 6.07 Å². The highest BCUT2D eigenvalue weighted by Crippen LogP contribution is 2.18. The Morgan fingerprint density at radius 1 is 0.594 bits per heavy atom. The molecule has 1 atom stereocenters. The number of rotatable bonds is 19. The van der Waals surface area contributed by atoms with Crippen LogP contribution in [0.3, 0.4) is 0 Å². The van der Waals surface area contributed by atoms with E-state index in [1.54, 1.807) is 0 Å². The van der Waals surface area contributed by atoms with Crippen LogP contribution in [0, 0.1) is 0 Å². The summed E-state index contributed by atoms with van der Waals surface area (Å²) in [5, 5.41) is 13.4. The lowest BCUT2D eigenvalue weighted by Gasteiger charge is -2.09. The van der Waals surface area contributed by atoms with Crippen molar-refractivity contribution in [1.82, 2.24) is 0 Å². The molecule has 178 valence electrons. The molecule has 2 aromatic rings. The lowest BCUT2D eigenvalue weighted by Crippen LogP contribution is -2.05. The quantitative estimate of drug-likeness (QED) is 0.215. The maximum atomic E-state index is 9.96. The third-order valence-electron chi connectivity index (χ3n) is 6.41. The number of hydrogen-bond acceptors (Lipinski definition) is 2. The molecule has 0 radical (unpaired) electrons. The van der Waals surface area contributed by atoms with Crippen LogP contribution in [0.5, 0.6) is 0 Å². The first-order valence-electron chi connectivity index (χ1n) is 13.4. The van der Waals surface area contributed by atoms with Gasteiger partial charge in [0.1, 0.15) is 0 Å². The van der Waals surface area contributed by atoms with Gasteiger partial charge in [-0.25, -0.2) is 0 Å². The molecule has 2 rings (SSSR count). The average molecular weight is 438 g/mol. The van der Waals surface area contributed by atoms with Gasteiger partial charge in [0.15, 0.2) is 0 Å². The summed E-state index contributed by atoms with van der Waals surface area (Å²) in [6, 6.07) is 19.2. The summed E-state index contributed by atoms with van der Waals surface area (Å²) in [5.74, 6) is 0. The number of aliphatic hydroxyl groups is 1. The molecule has 2 nitrogen and oxygen atoms in total. The average Bonchev–Trinajstić information content (AvgIpc) is 2.81. The van der Waals surface area contributed by atoms with Gasteiger partial charge in [-0.15, -0.1) is 0 Å². The van der Waals surface area contributed by atoms with E-state index in [0.717, 1.165) is 24.2 Å². The highest BCUT2D eigenvalue weighted by atomic mass is 16.3. The first-order valence-corrected chi connectivity index (χ1v) is 13.4. The van der Waals surface area contributed by atoms with E-state index >= 15 is 0 Å². The molecule has 32 heavy (non-hydrogen) atoms. The van der Waals surface area contributed by atoms with Crippen LogP contribution < -0.4 is 5.32 Å². The van der Waals surface area contributed by atoms with Crippen molar-refractivity contribution in [1.29, 1.82) is 0 Å². The number of unbranched alkanes of at least 4 members (excludes halogenated alkanes) is 11. The number of aliphatic hydroxyl groups excluding tert-OH is 1. The van der Waals surface area contributed by atoms with Crippen molar-refractivity contribution < 1.29 is 5.11 Å². The zero-order valence-electron chi connectivity index (χ0n) is 20.5. The van der Waals surface area contributed by atoms with Gasteiger partial charge in [0.2, 0.25) is 0 Å². The van der Waals surface area contributed by atoms with Crippen molar-refractivity contribution in [2.45, 2.75) is 116 Å². The van der Waals surface area contributed by atoms with Gasteiger partial charge < -0.3 is 10.4 Å². The fourth-order valence-electron chi connectivity index (χ4n) is 4.34. The minimum atomic E-state index is -0.0505. The van der Waals surface area contributed by atoms with E-state index in [9.17, 15) is 5.11 Å². The molecule has 0 aromatic heterocycles. The number of para-hydroxylation sites is 1. The zero-order valence-corrected chi connectivity index (χ0v) is 20.5. The van der Waals surface area contributed by atoms with Crippen LogP contribution >= 0.6 is 0 Å². The van der Waals surface area contributed by atoms with Crippen LogP contribution in [0.4, 0.5) is 11.4 Å². The van der Waals surface area contributed by atoms with Crippen LogP contribution in [0.1, 0.15) is 109 Å². The number of benzene rings is 2. The van der Waals surface area contributed by atoms with E-state index < -0.39 is 0 Å². The summed E-state index contributed by atoms with van der Waals surface area (Å²) < 4.78 is 0. The van der Waals surface area contributed by atoms with Crippen molar-refractivity contribution >= 4 is 11.4 Å². The second-order valence-electron chi connectivity index (χ2n) is 9.41. The number of aryl methyl sites for hydroxylation is 1. The third-order valence-corrected chi connectivity index (χ3v) is 6.41. The predicted octanol–water partition coefficient (Wildman–Crippen LogP) is 9.21. The molecule has 0 aliphatic heterocycles. The SMILES string of the molecule is CCCCCC(O)CCCCCCCCCCCCc1ccc(Nc2ccccc2)cc1. The maximum Gasteiger partial charge on any atom is 0.0540 e. The summed E-state index contributed by atoms with van der Waals surface area (Å²) in [7, 11) is 0. The predicted molar refractivity (Wildman–Crippen MR) is 141 cm³/mol. The molecule has 0 amide bonds. The van der Waals surface area contributed by atoms with Gasteiger partial charge in [-0.1, -0.05) is 114 Å². The van der Waals surface area contributed by atoms with Crippen molar-refractivity contribution in [2.24, 2.45) is 0 Å². The fourth-order valence-corrected chi connectivity index (χ4v) is 4.34. The summed E-state index contributed by atoms with van der Waals surface area (Å²) in [6.07, 6.45) is 20.2. The largest absolute Gasteiger partial charge is 0.393 e. The standard InChI is InChI=1S/C30H47NO/c1-2-3-13-21-30(32)22-17-11-9-7-5-4-6-8-10-14-18-27-23-25-29(26-24-27)31-28-19-15-12-16-20-28/h12,15-16,19-20,23-26,30-32H,2-11,13-14,17-18,21-22H2,1H3. The number of hydrogen-bond donors (Lipinski definition) is 2. The molecule has 2 N–H and O–H groups in total. The molecule has 0 aliphatic carbocycles. The summed E-state index contributed by atoms with van der Waals surface area (Å²) in [6.45, 7) is 2.22. The Morgan fingerprint density at radius 3 is 1.69 bits per heavy atom. The second kappa shape index (κ2) is 17.7. The summed E-state index contributed by atoms with van der Waals surface area (Å²) in [4.78, 5) is 0. The van der Waals surface area contributed by atoms with Crippen molar-refractivity contribution in [3.05, 3.63) is 60.2 Å². The Labute approximate surface area is 197 Å². The molecule has 0 saturated heterocycles. The van der Waals surface area contributed by atoms with Crippen LogP contribution in [0.2, 0.25) is 0 Å². The first-order chi connectivity index (χ1) is 15.8. The van der Waals surface area contributed by atoms with Gasteiger partial charge in [-0.05, 0) is 55.5 Å². The van der Waals surface area contributed by atoms with Gasteiger partial charge >= 0.3 is 0 Å². The smallest absolute Gasteiger partial charge is 0.0540 e. The van der Waals surface area contributed by atoms with Crippen molar-refractivity contribution in [3.8, 4) is 0 Å². The Balaban J connectivity index is 1.38. The van der Waals surface area contributed by atoms with Gasteiger partial charge in [-0.2, -0.15) is 0 Å². The third kappa shape index (κ3) is 12.9. The van der Waals surface area contributed by atoms with E-state index in [4.69, 9.17) is 0 Å². The molecule has 0 bridgehead atoms. The number of anilines is 2. The van der Waals surface area contributed by atoms with Crippen LogP contribution in [-0.2, 0) is 6.42 Å². The molecule has 0 spiro atoms. The molecule has 1 unspecified atom stereocenters. The Bertz CT molecular complexity index is 667. The molecular weight excluding hydrogens is 390 g/mol. The van der Waals surface area contributed by atoms with Gasteiger partial charge in [-0.3, -0.25) is 0 Å². The van der Waals surface area contributed by atoms with Gasteiger partial charge in [0.05, 0.1) is 6.10 Å².